The SMILES string of the molecule is c1ccc2c(-c3cc4ncc(-c5ccc(N6CCNCC6)cc5)cn4n3)ccnc2c1. The molecule has 1 saturated heterocycles. The number of nitrogens with one attached hydrogen (secondary N) is 1. The van der Waals surface area contributed by atoms with Gasteiger partial charge in [0.05, 0.1) is 11.2 Å². The minimum absolute atomic E-state index is 0.831. The zero-order valence-corrected chi connectivity index (χ0v) is 17.1. The van der Waals surface area contributed by atoms with Crippen LogP contribution >= 0.6 is 0 Å². The molecule has 4 heterocycles. The van der Waals surface area contributed by atoms with Gasteiger partial charge in [0.1, 0.15) is 0 Å². The topological polar surface area (TPSA) is 58.4 Å². The van der Waals surface area contributed by atoms with Crippen molar-refractivity contribution in [3.05, 3.63) is 79.3 Å². The van der Waals surface area contributed by atoms with Crippen molar-refractivity contribution in [3.63, 3.8) is 0 Å². The number of anilines is 1. The number of hydrogen-bond donors (Lipinski definition) is 1. The molecule has 152 valence electrons. The molecule has 2 aromatic carbocycles. The maximum absolute atomic E-state index is 4.82. The van der Waals surface area contributed by atoms with E-state index >= 15 is 0 Å². The molecule has 1 aliphatic heterocycles. The van der Waals surface area contributed by atoms with Gasteiger partial charge in [-0.3, -0.25) is 4.98 Å². The van der Waals surface area contributed by atoms with E-state index in [1.165, 1.54) is 5.69 Å². The molecule has 0 amide bonds. The van der Waals surface area contributed by atoms with Crippen LogP contribution in [0.5, 0.6) is 0 Å². The van der Waals surface area contributed by atoms with Crippen LogP contribution in [0.15, 0.2) is 79.3 Å². The molecule has 0 radical (unpaired) electrons. The lowest BCUT2D eigenvalue weighted by Gasteiger charge is -2.29. The van der Waals surface area contributed by atoms with Crippen molar-refractivity contribution in [2.45, 2.75) is 0 Å². The summed E-state index contributed by atoms with van der Waals surface area (Å²) in [5.41, 5.74) is 7.22. The van der Waals surface area contributed by atoms with Crippen molar-refractivity contribution in [1.29, 1.82) is 0 Å². The predicted molar refractivity (Wildman–Crippen MR) is 124 cm³/mol. The van der Waals surface area contributed by atoms with Crippen LogP contribution in [0, 0.1) is 0 Å². The van der Waals surface area contributed by atoms with Crippen LogP contribution in [0.4, 0.5) is 5.69 Å². The van der Waals surface area contributed by atoms with Gasteiger partial charge in [-0.15, -0.1) is 0 Å². The summed E-state index contributed by atoms with van der Waals surface area (Å²) in [6, 6.07) is 20.9. The molecule has 5 aromatic rings. The largest absolute Gasteiger partial charge is 0.369 e. The number of hydrogen-bond acceptors (Lipinski definition) is 5. The van der Waals surface area contributed by atoms with E-state index in [2.05, 4.69) is 56.7 Å². The monoisotopic (exact) mass is 406 g/mol. The van der Waals surface area contributed by atoms with E-state index in [0.717, 1.165) is 65.1 Å². The lowest BCUT2D eigenvalue weighted by Crippen LogP contribution is -2.43. The van der Waals surface area contributed by atoms with Gasteiger partial charge in [-0.05, 0) is 29.8 Å². The molecule has 0 saturated carbocycles. The molecule has 1 aliphatic rings. The zero-order chi connectivity index (χ0) is 20.6. The number of fused-ring (bicyclic) bond motifs is 2. The molecule has 0 aliphatic carbocycles. The summed E-state index contributed by atoms with van der Waals surface area (Å²) < 4.78 is 1.87. The Labute approximate surface area is 180 Å². The minimum Gasteiger partial charge on any atom is -0.369 e. The van der Waals surface area contributed by atoms with E-state index in [1.54, 1.807) is 0 Å². The average molecular weight is 406 g/mol. The van der Waals surface area contributed by atoms with Crippen LogP contribution < -0.4 is 10.2 Å². The minimum atomic E-state index is 0.831. The summed E-state index contributed by atoms with van der Waals surface area (Å²) in [6.07, 6.45) is 5.81. The van der Waals surface area contributed by atoms with Gasteiger partial charge < -0.3 is 10.2 Å². The summed E-state index contributed by atoms with van der Waals surface area (Å²) in [5, 5.41) is 9.32. The molecule has 6 rings (SSSR count). The van der Waals surface area contributed by atoms with Gasteiger partial charge in [0, 0.05) is 73.0 Å². The van der Waals surface area contributed by atoms with Crippen molar-refractivity contribution in [3.8, 4) is 22.4 Å². The third-order valence-electron chi connectivity index (χ3n) is 5.92. The van der Waals surface area contributed by atoms with E-state index in [-0.39, 0.29) is 0 Å². The third kappa shape index (κ3) is 3.31. The normalized spacial score (nSPS) is 14.4. The Bertz CT molecular complexity index is 1360. The Morgan fingerprint density at radius 1 is 0.839 bits per heavy atom. The third-order valence-corrected chi connectivity index (χ3v) is 5.92. The van der Waals surface area contributed by atoms with Gasteiger partial charge in [-0.1, -0.05) is 30.3 Å². The first-order valence-corrected chi connectivity index (χ1v) is 10.6. The van der Waals surface area contributed by atoms with Gasteiger partial charge in [0.15, 0.2) is 5.65 Å². The summed E-state index contributed by atoms with van der Waals surface area (Å²) in [7, 11) is 0. The standard InChI is InChI=1S/C25H22N6/c1-2-4-23-21(3-1)22(9-10-27-23)24-15-25-28-16-19(17-31(25)29-24)18-5-7-20(8-6-18)30-13-11-26-12-14-30/h1-10,15-17,26H,11-14H2. The Balaban J connectivity index is 1.35. The Hall–Kier alpha value is -3.77. The molecule has 0 spiro atoms. The van der Waals surface area contributed by atoms with Crippen LogP contribution in [0.25, 0.3) is 38.9 Å². The van der Waals surface area contributed by atoms with Crippen LogP contribution in [0.2, 0.25) is 0 Å². The first-order chi connectivity index (χ1) is 15.3. The number of aromatic nitrogens is 4. The van der Waals surface area contributed by atoms with E-state index < -0.39 is 0 Å². The smallest absolute Gasteiger partial charge is 0.155 e. The van der Waals surface area contributed by atoms with E-state index in [4.69, 9.17) is 5.10 Å². The fraction of sp³-hybridized carbons (Fsp3) is 0.160. The van der Waals surface area contributed by atoms with E-state index in [9.17, 15) is 0 Å². The second kappa shape index (κ2) is 7.49. The second-order valence-electron chi connectivity index (χ2n) is 7.83. The number of para-hydroxylation sites is 1. The molecule has 0 unspecified atom stereocenters. The van der Waals surface area contributed by atoms with Crippen LogP contribution in [-0.4, -0.2) is 45.8 Å². The molecule has 0 atom stereocenters. The average Bonchev–Trinajstić information content (AvgIpc) is 3.27. The van der Waals surface area contributed by atoms with Crippen LogP contribution in [-0.2, 0) is 0 Å². The molecule has 6 heteroatoms. The highest BCUT2D eigenvalue weighted by Gasteiger charge is 2.12. The fourth-order valence-electron chi connectivity index (χ4n) is 4.26. The first kappa shape index (κ1) is 18.0. The van der Waals surface area contributed by atoms with Crippen molar-refractivity contribution >= 4 is 22.2 Å². The molecule has 0 bridgehead atoms. The Kier molecular flexibility index (Phi) is 4.35. The molecule has 31 heavy (non-hydrogen) atoms. The van der Waals surface area contributed by atoms with Crippen molar-refractivity contribution in [2.24, 2.45) is 0 Å². The van der Waals surface area contributed by atoms with Crippen molar-refractivity contribution in [1.82, 2.24) is 24.9 Å². The van der Waals surface area contributed by atoms with Crippen LogP contribution in [0.1, 0.15) is 0 Å². The Morgan fingerprint density at radius 2 is 1.68 bits per heavy atom. The second-order valence-corrected chi connectivity index (χ2v) is 7.83. The molecule has 1 fully saturated rings. The Morgan fingerprint density at radius 3 is 2.55 bits per heavy atom. The van der Waals surface area contributed by atoms with Gasteiger partial charge in [-0.25, -0.2) is 9.50 Å². The zero-order valence-electron chi connectivity index (χ0n) is 17.1. The first-order valence-electron chi connectivity index (χ1n) is 10.6. The van der Waals surface area contributed by atoms with Crippen molar-refractivity contribution in [2.75, 3.05) is 31.1 Å². The quantitative estimate of drug-likeness (QED) is 0.490. The highest BCUT2D eigenvalue weighted by Crippen LogP contribution is 2.28. The fourth-order valence-corrected chi connectivity index (χ4v) is 4.26. The van der Waals surface area contributed by atoms with Gasteiger partial charge in [0.25, 0.3) is 0 Å². The molecule has 1 N–H and O–H groups in total. The number of rotatable bonds is 3. The summed E-state index contributed by atoms with van der Waals surface area (Å²) in [6.45, 7) is 4.17. The van der Waals surface area contributed by atoms with E-state index in [0.29, 0.717) is 0 Å². The number of benzene rings is 2. The van der Waals surface area contributed by atoms with Gasteiger partial charge in [-0.2, -0.15) is 5.10 Å². The number of nitrogens with zero attached hydrogens (tertiary/aromatic N) is 5. The summed E-state index contributed by atoms with van der Waals surface area (Å²) >= 11 is 0. The van der Waals surface area contributed by atoms with Crippen molar-refractivity contribution < 1.29 is 0 Å². The predicted octanol–water partition coefficient (Wildman–Crippen LogP) is 4.02. The lowest BCUT2D eigenvalue weighted by atomic mass is 10.1. The molecular weight excluding hydrogens is 384 g/mol. The summed E-state index contributed by atoms with van der Waals surface area (Å²) in [5.74, 6) is 0. The van der Waals surface area contributed by atoms with E-state index in [1.807, 2.05) is 47.2 Å². The van der Waals surface area contributed by atoms with Gasteiger partial charge in [0.2, 0.25) is 0 Å². The number of piperazine rings is 1. The maximum Gasteiger partial charge on any atom is 0.155 e. The van der Waals surface area contributed by atoms with Gasteiger partial charge >= 0.3 is 0 Å². The number of pyridine rings is 1. The lowest BCUT2D eigenvalue weighted by molar-refractivity contribution is 0.589. The highest BCUT2D eigenvalue weighted by molar-refractivity contribution is 5.93. The molecule has 3 aromatic heterocycles. The van der Waals surface area contributed by atoms with Crippen LogP contribution in [0.3, 0.4) is 0 Å². The molecule has 6 nitrogen and oxygen atoms in total. The highest BCUT2D eigenvalue weighted by atomic mass is 15.2. The molecular formula is C25H22N6. The summed E-state index contributed by atoms with van der Waals surface area (Å²) in [4.78, 5) is 11.5. The maximum atomic E-state index is 4.82.